The van der Waals surface area contributed by atoms with Crippen molar-refractivity contribution in [3.63, 3.8) is 0 Å². The van der Waals surface area contributed by atoms with Crippen LogP contribution in [0.3, 0.4) is 0 Å². The van der Waals surface area contributed by atoms with Gasteiger partial charge in [-0.15, -0.1) is 11.3 Å². The van der Waals surface area contributed by atoms with E-state index in [9.17, 15) is 14.4 Å². The van der Waals surface area contributed by atoms with Gasteiger partial charge >= 0.3 is 5.97 Å². The van der Waals surface area contributed by atoms with E-state index < -0.39 is 5.97 Å². The Balaban J connectivity index is 1.41. The zero-order valence-electron chi connectivity index (χ0n) is 17.5. The maximum atomic E-state index is 12.2. The second kappa shape index (κ2) is 10.7. The summed E-state index contributed by atoms with van der Waals surface area (Å²) >= 11 is 1.34. The van der Waals surface area contributed by atoms with Crippen molar-refractivity contribution in [1.82, 2.24) is 10.3 Å². The number of aromatic nitrogens is 1. The number of esters is 1. The number of hydrogen-bond donors (Lipinski definition) is 1. The molecule has 0 aliphatic heterocycles. The quantitative estimate of drug-likeness (QED) is 0.381. The van der Waals surface area contributed by atoms with Crippen LogP contribution in [0.1, 0.15) is 39.3 Å². The molecule has 1 aromatic carbocycles. The number of hydrogen-bond acceptors (Lipinski definition) is 7. The molecule has 2 aromatic heterocycles. The molecule has 8 heteroatoms. The Labute approximate surface area is 184 Å². The first-order valence-corrected chi connectivity index (χ1v) is 10.8. The molecule has 0 saturated heterocycles. The fraction of sp³-hybridized carbons (Fsp3) is 0.304. The SMILES string of the molecule is CC(=O)NCCc1ccc(C(=O)COC(=O)CCc2ncc(-c3ccc(C)cc3)o2)s1. The molecule has 2 heterocycles. The number of thiophene rings is 1. The Morgan fingerprint density at radius 1 is 1.10 bits per heavy atom. The van der Waals surface area contributed by atoms with Crippen LogP contribution in [-0.4, -0.2) is 35.8 Å². The second-order valence-electron chi connectivity index (χ2n) is 7.07. The van der Waals surface area contributed by atoms with Crippen molar-refractivity contribution in [2.24, 2.45) is 0 Å². The van der Waals surface area contributed by atoms with E-state index in [0.29, 0.717) is 35.9 Å². The summed E-state index contributed by atoms with van der Waals surface area (Å²) in [6.45, 7) is 3.69. The molecule has 1 N–H and O–H groups in total. The first-order chi connectivity index (χ1) is 14.9. The van der Waals surface area contributed by atoms with Gasteiger partial charge in [0.1, 0.15) is 0 Å². The maximum Gasteiger partial charge on any atom is 0.306 e. The molecule has 0 spiro atoms. The van der Waals surface area contributed by atoms with Gasteiger partial charge in [0.15, 0.2) is 18.3 Å². The van der Waals surface area contributed by atoms with Gasteiger partial charge in [-0.05, 0) is 25.5 Å². The lowest BCUT2D eigenvalue weighted by molar-refractivity contribution is -0.142. The van der Waals surface area contributed by atoms with Gasteiger partial charge in [0.2, 0.25) is 11.7 Å². The number of aryl methyl sites for hydroxylation is 2. The van der Waals surface area contributed by atoms with Crippen LogP contribution in [0.15, 0.2) is 47.0 Å². The number of oxazole rings is 1. The molecule has 7 nitrogen and oxygen atoms in total. The Kier molecular flexibility index (Phi) is 7.72. The van der Waals surface area contributed by atoms with Crippen molar-refractivity contribution >= 4 is 29.0 Å². The van der Waals surface area contributed by atoms with Crippen molar-refractivity contribution in [1.29, 1.82) is 0 Å². The van der Waals surface area contributed by atoms with Crippen molar-refractivity contribution in [2.75, 3.05) is 13.2 Å². The van der Waals surface area contributed by atoms with Gasteiger partial charge in [0, 0.05) is 30.3 Å². The summed E-state index contributed by atoms with van der Waals surface area (Å²) in [6.07, 6.45) is 2.66. The van der Waals surface area contributed by atoms with Crippen molar-refractivity contribution in [2.45, 2.75) is 33.1 Å². The van der Waals surface area contributed by atoms with Gasteiger partial charge in [-0.3, -0.25) is 14.4 Å². The molecule has 0 fully saturated rings. The van der Waals surface area contributed by atoms with E-state index in [-0.39, 0.29) is 24.7 Å². The molecule has 162 valence electrons. The minimum atomic E-state index is -0.481. The van der Waals surface area contributed by atoms with Crippen LogP contribution in [-0.2, 0) is 27.2 Å². The highest BCUT2D eigenvalue weighted by molar-refractivity contribution is 7.14. The summed E-state index contributed by atoms with van der Waals surface area (Å²) in [6, 6.07) is 11.4. The normalized spacial score (nSPS) is 10.6. The van der Waals surface area contributed by atoms with Gasteiger partial charge in [-0.2, -0.15) is 0 Å². The number of Topliss-reactive ketones (excluding diaryl/α,β-unsaturated/α-hetero) is 1. The van der Waals surface area contributed by atoms with Gasteiger partial charge in [-0.25, -0.2) is 4.98 Å². The molecular formula is C23H24N2O5S. The molecule has 0 unspecified atom stereocenters. The van der Waals surface area contributed by atoms with Crippen molar-refractivity contribution in [3.8, 4) is 11.3 Å². The lowest BCUT2D eigenvalue weighted by atomic mass is 10.1. The van der Waals surface area contributed by atoms with Crippen LogP contribution in [0.4, 0.5) is 0 Å². The van der Waals surface area contributed by atoms with E-state index in [1.54, 1.807) is 12.3 Å². The topological polar surface area (TPSA) is 98.5 Å². The molecule has 0 radical (unpaired) electrons. The molecular weight excluding hydrogens is 416 g/mol. The molecule has 0 aliphatic carbocycles. The third-order valence-corrected chi connectivity index (χ3v) is 5.66. The molecule has 31 heavy (non-hydrogen) atoms. The van der Waals surface area contributed by atoms with E-state index in [4.69, 9.17) is 9.15 Å². The number of carbonyl (C=O) groups excluding carboxylic acids is 3. The smallest absolute Gasteiger partial charge is 0.306 e. The van der Waals surface area contributed by atoms with E-state index in [2.05, 4.69) is 10.3 Å². The largest absolute Gasteiger partial charge is 0.457 e. The minimum Gasteiger partial charge on any atom is -0.457 e. The highest BCUT2D eigenvalue weighted by Crippen LogP contribution is 2.21. The Hall–Kier alpha value is -3.26. The van der Waals surface area contributed by atoms with Crippen LogP contribution in [0, 0.1) is 6.92 Å². The van der Waals surface area contributed by atoms with Crippen LogP contribution in [0.2, 0.25) is 0 Å². The first-order valence-electron chi connectivity index (χ1n) is 9.94. The number of nitrogens with one attached hydrogen (secondary N) is 1. The van der Waals surface area contributed by atoms with E-state index in [1.165, 1.54) is 18.3 Å². The fourth-order valence-corrected chi connectivity index (χ4v) is 3.73. The maximum absolute atomic E-state index is 12.2. The second-order valence-corrected chi connectivity index (χ2v) is 8.24. The summed E-state index contributed by atoms with van der Waals surface area (Å²) in [5.41, 5.74) is 2.08. The molecule has 3 aromatic rings. The Bertz CT molecular complexity index is 1050. The molecule has 3 rings (SSSR count). The molecule has 0 aliphatic rings. The molecule has 0 saturated carbocycles. The van der Waals surface area contributed by atoms with Gasteiger partial charge in [-0.1, -0.05) is 29.8 Å². The third kappa shape index (κ3) is 6.89. The lowest BCUT2D eigenvalue weighted by Crippen LogP contribution is -2.22. The van der Waals surface area contributed by atoms with Gasteiger partial charge < -0.3 is 14.5 Å². The zero-order chi connectivity index (χ0) is 22.2. The number of benzene rings is 1. The lowest BCUT2D eigenvalue weighted by Gasteiger charge is -2.02. The van der Waals surface area contributed by atoms with E-state index >= 15 is 0 Å². The number of ether oxygens (including phenoxy) is 1. The standard InChI is InChI=1S/C23H24N2O5S/c1-15-3-5-17(6-4-15)20-13-25-22(30-20)9-10-23(28)29-14-19(27)21-8-7-18(31-21)11-12-24-16(2)26/h3-8,13H,9-12,14H2,1-2H3,(H,24,26). The Morgan fingerprint density at radius 3 is 2.61 bits per heavy atom. The van der Waals surface area contributed by atoms with Gasteiger partial charge in [0.25, 0.3) is 0 Å². The zero-order valence-corrected chi connectivity index (χ0v) is 18.3. The highest BCUT2D eigenvalue weighted by atomic mass is 32.1. The number of ketones is 1. The van der Waals surface area contributed by atoms with Crippen LogP contribution < -0.4 is 5.32 Å². The van der Waals surface area contributed by atoms with Crippen LogP contribution in [0.25, 0.3) is 11.3 Å². The summed E-state index contributed by atoms with van der Waals surface area (Å²) in [4.78, 5) is 40.8. The predicted octanol–water partition coefficient (Wildman–Crippen LogP) is 3.75. The fourth-order valence-electron chi connectivity index (χ4n) is 2.80. The number of carbonyl (C=O) groups is 3. The summed E-state index contributed by atoms with van der Waals surface area (Å²) in [7, 11) is 0. The van der Waals surface area contributed by atoms with Crippen LogP contribution in [0.5, 0.6) is 0 Å². The minimum absolute atomic E-state index is 0.0769. The van der Waals surface area contributed by atoms with Crippen molar-refractivity contribution in [3.05, 3.63) is 63.8 Å². The average Bonchev–Trinajstić information content (AvgIpc) is 3.41. The summed E-state index contributed by atoms with van der Waals surface area (Å²) in [5.74, 6) is 0.273. The number of rotatable bonds is 10. The summed E-state index contributed by atoms with van der Waals surface area (Å²) < 4.78 is 10.8. The third-order valence-electron chi connectivity index (χ3n) is 4.48. The monoisotopic (exact) mass is 440 g/mol. The van der Waals surface area contributed by atoms with Gasteiger partial charge in [0.05, 0.1) is 17.5 Å². The number of amides is 1. The molecule has 0 bridgehead atoms. The van der Waals surface area contributed by atoms with Crippen LogP contribution >= 0.6 is 11.3 Å². The first kappa shape index (κ1) is 22.4. The van der Waals surface area contributed by atoms with E-state index in [0.717, 1.165) is 16.0 Å². The van der Waals surface area contributed by atoms with E-state index in [1.807, 2.05) is 37.3 Å². The average molecular weight is 441 g/mol. The number of nitrogens with zero attached hydrogens (tertiary/aromatic N) is 1. The molecule has 1 amide bonds. The Morgan fingerprint density at radius 2 is 1.87 bits per heavy atom. The molecule has 0 atom stereocenters. The predicted molar refractivity (Wildman–Crippen MR) is 117 cm³/mol. The van der Waals surface area contributed by atoms with Crippen molar-refractivity contribution < 1.29 is 23.5 Å². The summed E-state index contributed by atoms with van der Waals surface area (Å²) in [5, 5.41) is 2.71. The highest BCUT2D eigenvalue weighted by Gasteiger charge is 2.14.